The molecule has 1 N–H and O–H groups in total. The number of piperidine rings is 1. The van der Waals surface area contributed by atoms with Crippen molar-refractivity contribution in [2.45, 2.75) is 70.0 Å². The second kappa shape index (κ2) is 9.62. The first-order valence-corrected chi connectivity index (χ1v) is 11.6. The summed E-state index contributed by atoms with van der Waals surface area (Å²) in [6, 6.07) is 8.96. The molecule has 0 bridgehead atoms. The lowest BCUT2D eigenvalue weighted by Crippen LogP contribution is -2.50. The van der Waals surface area contributed by atoms with Crippen molar-refractivity contribution < 1.29 is 5.11 Å². The molecule has 154 valence electrons. The predicted octanol–water partition coefficient (Wildman–Crippen LogP) is 5.12. The molecule has 3 nitrogen and oxygen atoms in total. The van der Waals surface area contributed by atoms with Crippen LogP contribution in [0.5, 0.6) is 0 Å². The summed E-state index contributed by atoms with van der Waals surface area (Å²) in [5.41, 5.74) is 3.51. The maximum absolute atomic E-state index is 10.6. The summed E-state index contributed by atoms with van der Waals surface area (Å²) in [6.45, 7) is 9.02. The zero-order valence-electron chi connectivity index (χ0n) is 17.9. The number of aryl methyl sites for hydroxylation is 1. The summed E-state index contributed by atoms with van der Waals surface area (Å²) < 4.78 is 0. The Balaban J connectivity index is 1.66. The zero-order chi connectivity index (χ0) is 20.1. The fourth-order valence-corrected chi connectivity index (χ4v) is 5.73. The van der Waals surface area contributed by atoms with Crippen LogP contribution in [0.4, 0.5) is 0 Å². The normalized spacial score (nSPS) is 27.8. The smallest absolute Gasteiger partial charge is 0.141 e. The number of aliphatic hydroxyl groups is 1. The summed E-state index contributed by atoms with van der Waals surface area (Å²) in [5, 5.41) is 10.6. The monoisotopic (exact) mass is 400 g/mol. The largest absolute Gasteiger partial charge is 0.373 e. The van der Waals surface area contributed by atoms with E-state index in [-0.39, 0.29) is 10.9 Å². The van der Waals surface area contributed by atoms with E-state index >= 15 is 0 Å². The fraction of sp³-hybridized carbons (Fsp3) is 0.583. The molecule has 2 aliphatic rings. The Labute approximate surface area is 175 Å². The molecule has 0 aliphatic carbocycles. The zero-order valence-corrected chi connectivity index (χ0v) is 18.7. The molecule has 0 aromatic heterocycles. The Morgan fingerprint density at radius 3 is 2.61 bits per heavy atom. The van der Waals surface area contributed by atoms with Crippen LogP contribution in [0.3, 0.4) is 0 Å². The van der Waals surface area contributed by atoms with Gasteiger partial charge in [-0.25, -0.2) is 0 Å². The average Bonchev–Trinajstić information content (AvgIpc) is 3.00. The lowest BCUT2D eigenvalue weighted by atomic mass is 9.72. The van der Waals surface area contributed by atoms with Crippen molar-refractivity contribution in [1.29, 1.82) is 0 Å². The van der Waals surface area contributed by atoms with Crippen molar-refractivity contribution in [2.24, 2.45) is 0 Å². The van der Waals surface area contributed by atoms with Gasteiger partial charge in [0.15, 0.2) is 0 Å². The van der Waals surface area contributed by atoms with Crippen LogP contribution in [0.15, 0.2) is 47.4 Å². The van der Waals surface area contributed by atoms with Gasteiger partial charge in [-0.3, -0.25) is 9.80 Å². The lowest BCUT2D eigenvalue weighted by Gasteiger charge is -2.43. The Kier molecular flexibility index (Phi) is 7.43. The second-order valence-corrected chi connectivity index (χ2v) is 9.51. The van der Waals surface area contributed by atoms with E-state index in [9.17, 15) is 5.11 Å². The minimum absolute atomic E-state index is 0.229. The average molecular weight is 401 g/mol. The lowest BCUT2D eigenvalue weighted by molar-refractivity contribution is 0.000324. The van der Waals surface area contributed by atoms with Crippen molar-refractivity contribution in [3.8, 4) is 0 Å². The van der Waals surface area contributed by atoms with Gasteiger partial charge in [-0.1, -0.05) is 75.4 Å². The van der Waals surface area contributed by atoms with Crippen LogP contribution in [-0.2, 0) is 11.8 Å². The molecule has 28 heavy (non-hydrogen) atoms. The molecule has 2 aliphatic heterocycles. The molecule has 0 saturated carbocycles. The number of thioether (sulfide) groups is 1. The van der Waals surface area contributed by atoms with Crippen LogP contribution in [0, 0.1) is 0 Å². The number of nitrogens with zero attached hydrogens (tertiary/aromatic N) is 2. The van der Waals surface area contributed by atoms with Gasteiger partial charge in [0.1, 0.15) is 11.7 Å². The molecule has 2 fully saturated rings. The number of hydrogen-bond donors (Lipinski definition) is 1. The molecule has 1 aromatic carbocycles. The minimum Gasteiger partial charge on any atom is -0.373 e. The van der Waals surface area contributed by atoms with Gasteiger partial charge in [0.2, 0.25) is 0 Å². The third-order valence-electron chi connectivity index (χ3n) is 6.34. The Morgan fingerprint density at radius 1 is 1.21 bits per heavy atom. The topological polar surface area (TPSA) is 26.7 Å². The van der Waals surface area contributed by atoms with Crippen molar-refractivity contribution in [3.63, 3.8) is 0 Å². The van der Waals surface area contributed by atoms with E-state index in [1.807, 2.05) is 7.05 Å². The highest BCUT2D eigenvalue weighted by Crippen LogP contribution is 2.43. The van der Waals surface area contributed by atoms with Crippen LogP contribution in [0.2, 0.25) is 0 Å². The molecule has 2 heterocycles. The van der Waals surface area contributed by atoms with Gasteiger partial charge in [-0.15, -0.1) is 0 Å². The highest BCUT2D eigenvalue weighted by atomic mass is 32.2. The SMILES string of the molecule is CCC/C=C\C=C1/SC(N2CCC(C)(c3ccccc3CC)CC2)N(C)C1O. The van der Waals surface area contributed by atoms with Crippen molar-refractivity contribution in [3.05, 3.63) is 58.5 Å². The molecule has 0 amide bonds. The molecule has 2 atom stereocenters. The number of allylic oxidation sites excluding steroid dienone is 3. The number of likely N-dealkylation sites (N-methyl/N-ethyl adjacent to an activating group) is 1. The van der Waals surface area contributed by atoms with Gasteiger partial charge >= 0.3 is 0 Å². The maximum Gasteiger partial charge on any atom is 0.141 e. The molecule has 4 heteroatoms. The molecule has 2 saturated heterocycles. The van der Waals surface area contributed by atoms with Crippen molar-refractivity contribution >= 4 is 11.8 Å². The number of benzene rings is 1. The van der Waals surface area contributed by atoms with E-state index in [1.54, 1.807) is 11.8 Å². The molecular weight excluding hydrogens is 364 g/mol. The Morgan fingerprint density at radius 2 is 1.93 bits per heavy atom. The number of unbranched alkanes of at least 4 members (excludes halogenated alkanes) is 1. The number of hydrogen-bond acceptors (Lipinski definition) is 4. The highest BCUT2D eigenvalue weighted by Gasteiger charge is 2.41. The molecule has 3 rings (SSSR count). The van der Waals surface area contributed by atoms with E-state index < -0.39 is 6.23 Å². The van der Waals surface area contributed by atoms with Crippen LogP contribution in [-0.4, -0.2) is 46.8 Å². The van der Waals surface area contributed by atoms with Gasteiger partial charge in [0.05, 0.1) is 0 Å². The second-order valence-electron chi connectivity index (χ2n) is 8.38. The highest BCUT2D eigenvalue weighted by molar-refractivity contribution is 8.03. The fourth-order valence-electron chi connectivity index (χ4n) is 4.40. The molecular formula is C24H36N2OS. The summed E-state index contributed by atoms with van der Waals surface area (Å²) in [5.74, 6) is 0. The first kappa shape index (κ1) is 21.6. The van der Waals surface area contributed by atoms with Crippen LogP contribution in [0.25, 0.3) is 0 Å². The Hall–Kier alpha value is -1.07. The van der Waals surface area contributed by atoms with Gasteiger partial charge in [-0.05, 0) is 55.3 Å². The van der Waals surface area contributed by atoms with Gasteiger partial charge < -0.3 is 5.11 Å². The summed E-state index contributed by atoms with van der Waals surface area (Å²) >= 11 is 1.81. The first-order valence-electron chi connectivity index (χ1n) is 10.8. The Bertz CT molecular complexity index is 706. The maximum atomic E-state index is 10.6. The third-order valence-corrected chi connectivity index (χ3v) is 7.81. The number of aliphatic hydroxyl groups excluding tert-OH is 1. The van der Waals surface area contributed by atoms with E-state index in [2.05, 4.69) is 73.1 Å². The van der Waals surface area contributed by atoms with Gasteiger partial charge in [0.25, 0.3) is 0 Å². The van der Waals surface area contributed by atoms with E-state index in [4.69, 9.17) is 0 Å². The first-order chi connectivity index (χ1) is 13.5. The summed E-state index contributed by atoms with van der Waals surface area (Å²) in [7, 11) is 2.04. The van der Waals surface area contributed by atoms with Crippen LogP contribution in [0.1, 0.15) is 57.6 Å². The third kappa shape index (κ3) is 4.56. The summed E-state index contributed by atoms with van der Waals surface area (Å²) in [4.78, 5) is 5.71. The minimum atomic E-state index is -0.490. The van der Waals surface area contributed by atoms with Gasteiger partial charge in [0, 0.05) is 18.0 Å². The molecule has 2 unspecified atom stereocenters. The van der Waals surface area contributed by atoms with E-state index in [0.29, 0.717) is 0 Å². The number of rotatable bonds is 6. The van der Waals surface area contributed by atoms with Gasteiger partial charge in [-0.2, -0.15) is 0 Å². The van der Waals surface area contributed by atoms with Crippen molar-refractivity contribution in [2.75, 3.05) is 20.1 Å². The van der Waals surface area contributed by atoms with Crippen LogP contribution >= 0.6 is 11.8 Å². The predicted molar refractivity (Wildman–Crippen MR) is 121 cm³/mol. The van der Waals surface area contributed by atoms with E-state index in [0.717, 1.165) is 37.3 Å². The number of likely N-dealkylation sites (tertiary alicyclic amines) is 1. The molecule has 0 radical (unpaired) electrons. The van der Waals surface area contributed by atoms with Crippen LogP contribution < -0.4 is 0 Å². The molecule has 0 spiro atoms. The molecule has 1 aromatic rings. The van der Waals surface area contributed by atoms with E-state index in [1.165, 1.54) is 24.0 Å². The standard InChI is InChI=1S/C24H36N2OS/c1-5-7-8-9-14-21-22(27)25(4)23(28-21)26-17-15-24(3,16-18-26)20-13-11-10-12-19(20)6-2/h8-14,22-23,27H,5-7,15-18H2,1-4H3/b9-8-,21-14-. The summed E-state index contributed by atoms with van der Waals surface area (Å²) in [6.07, 6.45) is 11.6. The quantitative estimate of drug-likeness (QED) is 0.717. The van der Waals surface area contributed by atoms with Crippen molar-refractivity contribution in [1.82, 2.24) is 9.80 Å².